The van der Waals surface area contributed by atoms with Crippen molar-refractivity contribution in [2.24, 2.45) is 11.8 Å². The van der Waals surface area contributed by atoms with Crippen LogP contribution in [0.1, 0.15) is 39.2 Å². The fourth-order valence-electron chi connectivity index (χ4n) is 3.19. The van der Waals surface area contributed by atoms with E-state index in [0.717, 1.165) is 24.1 Å². The van der Waals surface area contributed by atoms with Gasteiger partial charge in [0.25, 0.3) is 0 Å². The van der Waals surface area contributed by atoms with Crippen molar-refractivity contribution in [2.75, 3.05) is 24.5 Å². The molecule has 4 heteroatoms. The van der Waals surface area contributed by atoms with Crippen LogP contribution >= 0.6 is 0 Å². The second-order valence-corrected chi connectivity index (χ2v) is 6.68. The van der Waals surface area contributed by atoms with E-state index in [9.17, 15) is 9.59 Å². The highest BCUT2D eigenvalue weighted by Gasteiger charge is 2.30. The first kappa shape index (κ1) is 17.5. The van der Waals surface area contributed by atoms with Crippen LogP contribution in [0.3, 0.4) is 0 Å². The monoisotopic (exact) mass is 316 g/mol. The maximum absolute atomic E-state index is 12.9. The molecule has 0 N–H and O–H groups in total. The van der Waals surface area contributed by atoms with Gasteiger partial charge in [0.15, 0.2) is 0 Å². The number of carbonyl (C=O) groups excluding carboxylic acids is 2. The molecule has 1 aliphatic rings. The number of amides is 2. The van der Waals surface area contributed by atoms with Gasteiger partial charge < -0.3 is 9.80 Å². The fraction of sp³-hybridized carbons (Fsp3) is 0.579. The summed E-state index contributed by atoms with van der Waals surface area (Å²) >= 11 is 0. The second kappa shape index (κ2) is 7.62. The molecule has 1 heterocycles. The van der Waals surface area contributed by atoms with Crippen LogP contribution in [-0.2, 0) is 9.59 Å². The lowest BCUT2D eigenvalue weighted by Gasteiger charge is -2.34. The average Bonchev–Trinajstić information content (AvgIpc) is 2.55. The first-order valence-electron chi connectivity index (χ1n) is 8.60. The molecule has 1 aromatic rings. The van der Waals surface area contributed by atoms with Crippen LogP contribution in [0.4, 0.5) is 5.69 Å². The minimum absolute atomic E-state index is 0.0201. The van der Waals surface area contributed by atoms with E-state index in [1.807, 2.05) is 55.7 Å². The number of rotatable bonds is 4. The molecule has 0 spiro atoms. The van der Waals surface area contributed by atoms with Crippen LogP contribution in [-0.4, -0.2) is 36.3 Å². The van der Waals surface area contributed by atoms with Crippen LogP contribution in [0.2, 0.25) is 0 Å². The van der Waals surface area contributed by atoms with Gasteiger partial charge in [0.2, 0.25) is 11.8 Å². The Morgan fingerprint density at radius 3 is 2.43 bits per heavy atom. The van der Waals surface area contributed by atoms with Gasteiger partial charge in [-0.15, -0.1) is 0 Å². The van der Waals surface area contributed by atoms with Crippen molar-refractivity contribution in [1.82, 2.24) is 4.90 Å². The van der Waals surface area contributed by atoms with E-state index in [2.05, 4.69) is 6.07 Å². The largest absolute Gasteiger partial charge is 0.342 e. The Labute approximate surface area is 139 Å². The SMILES string of the molecule is CCN(C(=O)C1CCN(C(=O)C(C)C)CC1)c1cccc(C)c1. The average molecular weight is 316 g/mol. The first-order chi connectivity index (χ1) is 10.9. The van der Waals surface area contributed by atoms with Crippen molar-refractivity contribution in [3.63, 3.8) is 0 Å². The van der Waals surface area contributed by atoms with Crippen LogP contribution in [0.25, 0.3) is 0 Å². The molecule has 0 aromatic heterocycles. The van der Waals surface area contributed by atoms with Crippen molar-refractivity contribution < 1.29 is 9.59 Å². The van der Waals surface area contributed by atoms with Gasteiger partial charge in [-0.05, 0) is 44.4 Å². The van der Waals surface area contributed by atoms with Gasteiger partial charge in [-0.25, -0.2) is 0 Å². The maximum Gasteiger partial charge on any atom is 0.230 e. The number of anilines is 1. The highest BCUT2D eigenvalue weighted by Crippen LogP contribution is 2.24. The van der Waals surface area contributed by atoms with Gasteiger partial charge in [0, 0.05) is 37.2 Å². The minimum Gasteiger partial charge on any atom is -0.342 e. The summed E-state index contributed by atoms with van der Waals surface area (Å²) in [5.41, 5.74) is 2.13. The van der Waals surface area contributed by atoms with Gasteiger partial charge in [0.05, 0.1) is 0 Å². The van der Waals surface area contributed by atoms with Crippen molar-refractivity contribution in [3.8, 4) is 0 Å². The molecule has 0 atom stereocenters. The number of likely N-dealkylation sites (tertiary alicyclic amines) is 1. The summed E-state index contributed by atoms with van der Waals surface area (Å²) in [6, 6.07) is 8.08. The van der Waals surface area contributed by atoms with Gasteiger partial charge >= 0.3 is 0 Å². The summed E-state index contributed by atoms with van der Waals surface area (Å²) in [5.74, 6) is 0.435. The van der Waals surface area contributed by atoms with Crippen molar-refractivity contribution in [1.29, 1.82) is 0 Å². The second-order valence-electron chi connectivity index (χ2n) is 6.68. The van der Waals surface area contributed by atoms with Crippen molar-refractivity contribution in [3.05, 3.63) is 29.8 Å². The lowest BCUT2D eigenvalue weighted by molar-refractivity contribution is -0.137. The Morgan fingerprint density at radius 1 is 1.26 bits per heavy atom. The molecule has 1 aromatic carbocycles. The first-order valence-corrected chi connectivity index (χ1v) is 8.60. The molecule has 23 heavy (non-hydrogen) atoms. The summed E-state index contributed by atoms with van der Waals surface area (Å²) in [5, 5.41) is 0. The van der Waals surface area contributed by atoms with E-state index in [4.69, 9.17) is 0 Å². The lowest BCUT2D eigenvalue weighted by atomic mass is 9.94. The summed E-state index contributed by atoms with van der Waals surface area (Å²) in [6.07, 6.45) is 1.53. The van der Waals surface area contributed by atoms with E-state index in [-0.39, 0.29) is 23.7 Å². The van der Waals surface area contributed by atoms with Gasteiger partial charge in [-0.2, -0.15) is 0 Å². The Balaban J connectivity index is 2.02. The molecular formula is C19H28N2O2. The standard InChI is InChI=1S/C19H28N2O2/c1-5-21(17-8-6-7-15(4)13-17)19(23)16-9-11-20(12-10-16)18(22)14(2)3/h6-8,13-14,16H,5,9-12H2,1-4H3. The molecule has 0 aliphatic carbocycles. The molecule has 126 valence electrons. The van der Waals surface area contributed by atoms with Gasteiger partial charge in [0.1, 0.15) is 0 Å². The minimum atomic E-state index is 0.0201. The smallest absolute Gasteiger partial charge is 0.230 e. The predicted octanol–water partition coefficient (Wildman–Crippen LogP) is 3.24. The summed E-state index contributed by atoms with van der Waals surface area (Å²) < 4.78 is 0. The Kier molecular flexibility index (Phi) is 5.80. The zero-order valence-corrected chi connectivity index (χ0v) is 14.7. The molecule has 0 saturated carbocycles. The van der Waals surface area contributed by atoms with Crippen LogP contribution in [0.15, 0.2) is 24.3 Å². The van der Waals surface area contributed by atoms with E-state index in [1.54, 1.807) is 0 Å². The molecule has 1 fully saturated rings. The number of piperidine rings is 1. The van der Waals surface area contributed by atoms with E-state index < -0.39 is 0 Å². The highest BCUT2D eigenvalue weighted by atomic mass is 16.2. The summed E-state index contributed by atoms with van der Waals surface area (Å²) in [7, 11) is 0. The van der Waals surface area contributed by atoms with Crippen LogP contribution in [0, 0.1) is 18.8 Å². The lowest BCUT2D eigenvalue weighted by Crippen LogP contribution is -2.45. The molecule has 0 bridgehead atoms. The number of benzene rings is 1. The molecule has 2 amide bonds. The molecule has 1 aliphatic heterocycles. The molecule has 0 radical (unpaired) electrons. The highest BCUT2D eigenvalue weighted by molar-refractivity contribution is 5.95. The number of hydrogen-bond donors (Lipinski definition) is 0. The van der Waals surface area contributed by atoms with Gasteiger partial charge in [-0.1, -0.05) is 26.0 Å². The zero-order valence-electron chi connectivity index (χ0n) is 14.7. The summed E-state index contributed by atoms with van der Waals surface area (Å²) in [4.78, 5) is 28.7. The van der Waals surface area contributed by atoms with E-state index in [0.29, 0.717) is 19.6 Å². The molecule has 1 saturated heterocycles. The Bertz CT molecular complexity index is 560. The topological polar surface area (TPSA) is 40.6 Å². The Hall–Kier alpha value is -1.84. The van der Waals surface area contributed by atoms with Gasteiger partial charge in [-0.3, -0.25) is 9.59 Å². The number of aryl methyl sites for hydroxylation is 1. The third kappa shape index (κ3) is 4.12. The fourth-order valence-corrected chi connectivity index (χ4v) is 3.19. The normalized spacial score (nSPS) is 15.8. The Morgan fingerprint density at radius 2 is 1.91 bits per heavy atom. The van der Waals surface area contributed by atoms with Crippen LogP contribution in [0.5, 0.6) is 0 Å². The predicted molar refractivity (Wildman–Crippen MR) is 93.3 cm³/mol. The quantitative estimate of drug-likeness (QED) is 0.855. The zero-order chi connectivity index (χ0) is 17.0. The number of hydrogen-bond acceptors (Lipinski definition) is 2. The molecule has 0 unspecified atom stereocenters. The molecule has 4 nitrogen and oxygen atoms in total. The third-order valence-corrected chi connectivity index (χ3v) is 4.55. The van der Waals surface area contributed by atoms with Crippen LogP contribution < -0.4 is 4.90 Å². The molecule has 2 rings (SSSR count). The van der Waals surface area contributed by atoms with E-state index >= 15 is 0 Å². The third-order valence-electron chi connectivity index (χ3n) is 4.55. The maximum atomic E-state index is 12.9. The van der Waals surface area contributed by atoms with E-state index in [1.165, 1.54) is 0 Å². The molecular weight excluding hydrogens is 288 g/mol. The number of carbonyl (C=O) groups is 2. The summed E-state index contributed by atoms with van der Waals surface area (Å²) in [6.45, 7) is 9.97. The number of nitrogens with zero attached hydrogens (tertiary/aromatic N) is 2. The van der Waals surface area contributed by atoms with Crippen molar-refractivity contribution in [2.45, 2.75) is 40.5 Å². The van der Waals surface area contributed by atoms with Crippen molar-refractivity contribution >= 4 is 17.5 Å².